The van der Waals surface area contributed by atoms with Crippen LogP contribution < -0.4 is 5.32 Å². The molecule has 5 nitrogen and oxygen atoms in total. The van der Waals surface area contributed by atoms with Crippen molar-refractivity contribution in [2.24, 2.45) is 5.92 Å². The Balaban J connectivity index is 1.62. The SMILES string of the molecule is CCOCC1CCCN(C(=O)NCC2(c3cccc(Cl)c3)CCOCC2)C1. The summed E-state index contributed by atoms with van der Waals surface area (Å²) in [7, 11) is 0. The maximum absolute atomic E-state index is 12.8. The second-order valence-electron chi connectivity index (χ2n) is 7.68. The topological polar surface area (TPSA) is 50.8 Å². The van der Waals surface area contributed by atoms with Crippen molar-refractivity contribution in [3.63, 3.8) is 0 Å². The van der Waals surface area contributed by atoms with Crippen LogP contribution in [0, 0.1) is 5.92 Å². The number of likely N-dealkylation sites (tertiary alicyclic amines) is 1. The molecule has 2 aliphatic rings. The van der Waals surface area contributed by atoms with Crippen LogP contribution in [-0.4, -0.2) is 57.0 Å². The van der Waals surface area contributed by atoms with E-state index >= 15 is 0 Å². The summed E-state index contributed by atoms with van der Waals surface area (Å²) in [5.41, 5.74) is 1.07. The third-order valence-electron chi connectivity index (χ3n) is 5.83. The first kappa shape index (κ1) is 20.4. The highest BCUT2D eigenvalue weighted by Gasteiger charge is 2.35. The molecule has 0 saturated carbocycles. The third-order valence-corrected chi connectivity index (χ3v) is 6.06. The Morgan fingerprint density at radius 2 is 2.22 bits per heavy atom. The van der Waals surface area contributed by atoms with Crippen molar-refractivity contribution in [1.29, 1.82) is 0 Å². The maximum atomic E-state index is 12.8. The minimum Gasteiger partial charge on any atom is -0.381 e. The van der Waals surface area contributed by atoms with E-state index in [9.17, 15) is 4.79 Å². The summed E-state index contributed by atoms with van der Waals surface area (Å²) in [5.74, 6) is 0.439. The lowest BCUT2D eigenvalue weighted by molar-refractivity contribution is 0.0489. The number of nitrogens with one attached hydrogen (secondary N) is 1. The van der Waals surface area contributed by atoms with Crippen LogP contribution in [0.5, 0.6) is 0 Å². The van der Waals surface area contributed by atoms with Crippen molar-refractivity contribution in [1.82, 2.24) is 10.2 Å². The van der Waals surface area contributed by atoms with Gasteiger partial charge in [0.15, 0.2) is 0 Å². The van der Waals surface area contributed by atoms with Gasteiger partial charge in [0.05, 0.1) is 6.61 Å². The minimum atomic E-state index is -0.112. The fourth-order valence-electron chi connectivity index (χ4n) is 4.17. The molecule has 6 heteroatoms. The smallest absolute Gasteiger partial charge is 0.317 e. The van der Waals surface area contributed by atoms with Crippen LogP contribution in [0.4, 0.5) is 4.79 Å². The van der Waals surface area contributed by atoms with Crippen LogP contribution in [0.2, 0.25) is 5.02 Å². The summed E-state index contributed by atoms with van der Waals surface area (Å²) < 4.78 is 11.1. The van der Waals surface area contributed by atoms with Crippen molar-refractivity contribution >= 4 is 17.6 Å². The first-order valence-electron chi connectivity index (χ1n) is 10.1. The van der Waals surface area contributed by atoms with Gasteiger partial charge in [-0.25, -0.2) is 4.79 Å². The zero-order valence-corrected chi connectivity index (χ0v) is 17.0. The number of piperidine rings is 1. The summed E-state index contributed by atoms with van der Waals surface area (Å²) in [6, 6.07) is 8.05. The molecule has 0 aliphatic carbocycles. The van der Waals surface area contributed by atoms with Gasteiger partial charge in [0, 0.05) is 55.8 Å². The number of urea groups is 1. The van der Waals surface area contributed by atoms with E-state index in [1.807, 2.05) is 30.0 Å². The maximum Gasteiger partial charge on any atom is 0.317 e. The van der Waals surface area contributed by atoms with Gasteiger partial charge in [-0.15, -0.1) is 0 Å². The van der Waals surface area contributed by atoms with E-state index in [0.29, 0.717) is 25.7 Å². The van der Waals surface area contributed by atoms with Crippen LogP contribution in [-0.2, 0) is 14.9 Å². The van der Waals surface area contributed by atoms with Crippen molar-refractivity contribution in [2.45, 2.75) is 38.0 Å². The molecule has 1 atom stereocenters. The van der Waals surface area contributed by atoms with Crippen LogP contribution in [0.3, 0.4) is 0 Å². The highest BCUT2D eigenvalue weighted by atomic mass is 35.5. The lowest BCUT2D eigenvalue weighted by Crippen LogP contribution is -2.51. The molecule has 27 heavy (non-hydrogen) atoms. The van der Waals surface area contributed by atoms with Gasteiger partial charge in [0.1, 0.15) is 0 Å². The summed E-state index contributed by atoms with van der Waals surface area (Å²) in [6.45, 7) is 7.11. The second kappa shape index (κ2) is 9.76. The van der Waals surface area contributed by atoms with Crippen molar-refractivity contribution in [2.75, 3.05) is 46.1 Å². The third kappa shape index (κ3) is 5.37. The summed E-state index contributed by atoms with van der Waals surface area (Å²) in [5, 5.41) is 3.94. The predicted molar refractivity (Wildman–Crippen MR) is 107 cm³/mol. The Kier molecular flexibility index (Phi) is 7.39. The molecule has 0 bridgehead atoms. The number of hydrogen-bond acceptors (Lipinski definition) is 3. The molecule has 2 amide bonds. The molecule has 150 valence electrons. The molecule has 1 aromatic rings. The molecule has 1 unspecified atom stereocenters. The number of nitrogens with zero attached hydrogens (tertiary/aromatic N) is 1. The fourth-order valence-corrected chi connectivity index (χ4v) is 4.36. The van der Waals surface area contributed by atoms with Crippen molar-refractivity contribution in [3.8, 4) is 0 Å². The van der Waals surface area contributed by atoms with Crippen LogP contribution in [0.1, 0.15) is 38.2 Å². The van der Waals surface area contributed by atoms with E-state index in [1.165, 1.54) is 5.56 Å². The highest BCUT2D eigenvalue weighted by molar-refractivity contribution is 6.30. The zero-order valence-electron chi connectivity index (χ0n) is 16.2. The molecule has 2 heterocycles. The molecule has 2 aliphatic heterocycles. The minimum absolute atomic E-state index is 0.0316. The lowest BCUT2D eigenvalue weighted by atomic mass is 9.74. The molecule has 0 aromatic heterocycles. The molecule has 1 N–H and O–H groups in total. The first-order valence-corrected chi connectivity index (χ1v) is 10.4. The van der Waals surface area contributed by atoms with Gasteiger partial charge in [-0.3, -0.25) is 0 Å². The largest absolute Gasteiger partial charge is 0.381 e. The van der Waals surface area contributed by atoms with Crippen LogP contribution >= 0.6 is 11.6 Å². The number of rotatable bonds is 6. The molecule has 2 saturated heterocycles. The lowest BCUT2D eigenvalue weighted by Gasteiger charge is -2.39. The van der Waals surface area contributed by atoms with E-state index in [4.69, 9.17) is 21.1 Å². The molecule has 3 rings (SSSR count). The van der Waals surface area contributed by atoms with Gasteiger partial charge < -0.3 is 19.7 Å². The van der Waals surface area contributed by atoms with Gasteiger partial charge in [-0.1, -0.05) is 23.7 Å². The quantitative estimate of drug-likeness (QED) is 0.797. The Morgan fingerprint density at radius 3 is 2.96 bits per heavy atom. The second-order valence-corrected chi connectivity index (χ2v) is 8.11. The average Bonchev–Trinajstić information content (AvgIpc) is 2.71. The number of halogens is 1. The Morgan fingerprint density at radius 1 is 1.41 bits per heavy atom. The molecule has 0 radical (unpaired) electrons. The van der Waals surface area contributed by atoms with Gasteiger partial charge >= 0.3 is 6.03 Å². The zero-order chi connectivity index (χ0) is 19.1. The Hall–Kier alpha value is -1.30. The Labute approximate surface area is 167 Å². The van der Waals surface area contributed by atoms with Crippen LogP contribution in [0.25, 0.3) is 0 Å². The first-order chi connectivity index (χ1) is 13.1. The standard InChI is InChI=1S/C21H31ClN2O3/c1-2-26-15-17-5-4-10-24(14-17)20(25)23-16-21(8-11-27-12-9-21)18-6-3-7-19(22)13-18/h3,6-7,13,17H,2,4-5,8-12,14-16H2,1H3,(H,23,25). The van der Waals surface area contributed by atoms with E-state index in [-0.39, 0.29) is 11.4 Å². The number of carbonyl (C=O) groups is 1. The van der Waals surface area contributed by atoms with E-state index < -0.39 is 0 Å². The highest BCUT2D eigenvalue weighted by Crippen LogP contribution is 2.35. The van der Waals surface area contributed by atoms with E-state index in [1.54, 1.807) is 0 Å². The number of ether oxygens (including phenoxy) is 2. The van der Waals surface area contributed by atoms with E-state index in [2.05, 4.69) is 11.4 Å². The van der Waals surface area contributed by atoms with Crippen LogP contribution in [0.15, 0.2) is 24.3 Å². The van der Waals surface area contributed by atoms with Crippen molar-refractivity contribution in [3.05, 3.63) is 34.9 Å². The predicted octanol–water partition coefficient (Wildman–Crippen LogP) is 3.85. The number of hydrogen-bond donors (Lipinski definition) is 1. The normalized spacial score (nSPS) is 22.4. The monoisotopic (exact) mass is 394 g/mol. The molecule has 2 fully saturated rings. The van der Waals surface area contributed by atoms with Gasteiger partial charge in [-0.2, -0.15) is 0 Å². The van der Waals surface area contributed by atoms with Gasteiger partial charge in [0.25, 0.3) is 0 Å². The van der Waals surface area contributed by atoms with Crippen molar-refractivity contribution < 1.29 is 14.3 Å². The van der Waals surface area contributed by atoms with E-state index in [0.717, 1.165) is 57.0 Å². The number of carbonyl (C=O) groups excluding carboxylic acids is 1. The number of amides is 2. The Bertz CT molecular complexity index is 619. The average molecular weight is 395 g/mol. The molecule has 0 spiro atoms. The summed E-state index contributed by atoms with van der Waals surface area (Å²) >= 11 is 6.23. The van der Waals surface area contributed by atoms with Gasteiger partial charge in [0.2, 0.25) is 0 Å². The fraction of sp³-hybridized carbons (Fsp3) is 0.667. The number of benzene rings is 1. The summed E-state index contributed by atoms with van der Waals surface area (Å²) in [6.07, 6.45) is 3.95. The molecular weight excluding hydrogens is 364 g/mol. The molecular formula is C21H31ClN2O3. The van der Waals surface area contributed by atoms with Gasteiger partial charge in [-0.05, 0) is 50.3 Å². The molecule has 1 aromatic carbocycles. The summed E-state index contributed by atoms with van der Waals surface area (Å²) in [4.78, 5) is 14.8.